The number of amides is 1. The number of rotatable bonds is 6. The third-order valence-corrected chi connectivity index (χ3v) is 8.32. The van der Waals surface area contributed by atoms with Crippen molar-refractivity contribution in [2.45, 2.75) is 44.0 Å². The number of aryl methyl sites for hydroxylation is 1. The second-order valence-electron chi connectivity index (χ2n) is 7.85. The number of benzene rings is 2. The van der Waals surface area contributed by atoms with Gasteiger partial charge in [0.2, 0.25) is 15.9 Å². The molecule has 2 heterocycles. The number of carbonyl (C=O) groups excluding carboxylic acids is 1. The lowest BCUT2D eigenvalue weighted by Gasteiger charge is -2.25. The molecule has 1 aliphatic rings. The maximum atomic E-state index is 13.0. The van der Waals surface area contributed by atoms with Gasteiger partial charge >= 0.3 is 0 Å². The molecule has 0 spiro atoms. The first kappa shape index (κ1) is 21.7. The number of sulfonamides is 1. The van der Waals surface area contributed by atoms with Crippen molar-refractivity contribution in [1.82, 2.24) is 9.29 Å². The standard InChI is InChI=1S/C23H25N3O3S2/c1-16-8-10-19(11-9-16)31(28,29)26-13-12-20-21(15-26)30-23(24-20)25-22(27)14-17(2)18-6-4-3-5-7-18/h3-11,17H,12-15H2,1-2H3,(H,24,25,27). The van der Waals surface area contributed by atoms with Gasteiger partial charge in [-0.3, -0.25) is 4.79 Å². The third kappa shape index (κ3) is 4.87. The monoisotopic (exact) mass is 455 g/mol. The highest BCUT2D eigenvalue weighted by Crippen LogP contribution is 2.31. The smallest absolute Gasteiger partial charge is 0.243 e. The molecule has 0 fully saturated rings. The van der Waals surface area contributed by atoms with Crippen LogP contribution in [0.3, 0.4) is 0 Å². The van der Waals surface area contributed by atoms with E-state index >= 15 is 0 Å². The molecule has 0 bridgehead atoms. The molecule has 3 aromatic rings. The van der Waals surface area contributed by atoms with Gasteiger partial charge in [-0.1, -0.05) is 55.0 Å². The molecule has 1 N–H and O–H groups in total. The summed E-state index contributed by atoms with van der Waals surface area (Å²) in [6.07, 6.45) is 0.898. The first-order valence-corrected chi connectivity index (χ1v) is 12.5. The van der Waals surface area contributed by atoms with Crippen molar-refractivity contribution in [2.24, 2.45) is 0 Å². The zero-order valence-corrected chi connectivity index (χ0v) is 19.2. The summed E-state index contributed by atoms with van der Waals surface area (Å²) in [4.78, 5) is 18.2. The molecular weight excluding hydrogens is 430 g/mol. The SMILES string of the molecule is Cc1ccc(S(=O)(=O)N2CCc3nc(NC(=O)CC(C)c4ccccc4)sc3C2)cc1. The van der Waals surface area contributed by atoms with Gasteiger partial charge in [-0.2, -0.15) is 4.31 Å². The van der Waals surface area contributed by atoms with Gasteiger partial charge in [0.15, 0.2) is 5.13 Å². The fraction of sp³-hybridized carbons (Fsp3) is 0.304. The van der Waals surface area contributed by atoms with Crippen molar-refractivity contribution in [3.8, 4) is 0 Å². The quantitative estimate of drug-likeness (QED) is 0.600. The minimum atomic E-state index is -3.56. The van der Waals surface area contributed by atoms with Crippen molar-refractivity contribution in [2.75, 3.05) is 11.9 Å². The van der Waals surface area contributed by atoms with Crippen molar-refractivity contribution >= 4 is 32.4 Å². The molecule has 0 saturated carbocycles. The highest BCUT2D eigenvalue weighted by molar-refractivity contribution is 7.89. The van der Waals surface area contributed by atoms with Crippen molar-refractivity contribution in [3.05, 3.63) is 76.3 Å². The van der Waals surface area contributed by atoms with Gasteiger partial charge < -0.3 is 5.32 Å². The van der Waals surface area contributed by atoms with Gasteiger partial charge in [-0.05, 0) is 30.5 Å². The molecule has 162 valence electrons. The predicted molar refractivity (Wildman–Crippen MR) is 123 cm³/mol. The van der Waals surface area contributed by atoms with Crippen LogP contribution in [0.4, 0.5) is 5.13 Å². The minimum absolute atomic E-state index is 0.0911. The Morgan fingerprint density at radius 3 is 2.58 bits per heavy atom. The molecule has 1 unspecified atom stereocenters. The van der Waals surface area contributed by atoms with Gasteiger partial charge in [0.05, 0.1) is 17.1 Å². The number of nitrogens with one attached hydrogen (secondary N) is 1. The highest BCUT2D eigenvalue weighted by atomic mass is 32.2. The summed E-state index contributed by atoms with van der Waals surface area (Å²) in [5.41, 5.74) is 3.00. The van der Waals surface area contributed by atoms with Crippen LogP contribution in [-0.4, -0.2) is 30.2 Å². The van der Waals surface area contributed by atoms with Crippen LogP contribution in [0.25, 0.3) is 0 Å². The normalized spacial score (nSPS) is 15.3. The molecule has 1 amide bonds. The molecule has 2 aromatic carbocycles. The number of hydrogen-bond acceptors (Lipinski definition) is 5. The van der Waals surface area contributed by atoms with Gasteiger partial charge in [0, 0.05) is 24.3 Å². The van der Waals surface area contributed by atoms with E-state index < -0.39 is 10.0 Å². The van der Waals surface area contributed by atoms with Crippen LogP contribution >= 0.6 is 11.3 Å². The lowest BCUT2D eigenvalue weighted by atomic mass is 9.98. The van der Waals surface area contributed by atoms with Gasteiger partial charge in [-0.25, -0.2) is 13.4 Å². The van der Waals surface area contributed by atoms with E-state index in [2.05, 4.69) is 10.3 Å². The molecular formula is C23H25N3O3S2. The van der Waals surface area contributed by atoms with E-state index in [0.717, 1.165) is 21.7 Å². The van der Waals surface area contributed by atoms with Crippen LogP contribution in [0, 0.1) is 6.92 Å². The van der Waals surface area contributed by atoms with E-state index in [1.165, 1.54) is 15.6 Å². The van der Waals surface area contributed by atoms with Gasteiger partial charge in [-0.15, -0.1) is 11.3 Å². The number of carbonyl (C=O) groups is 1. The highest BCUT2D eigenvalue weighted by Gasteiger charge is 2.30. The van der Waals surface area contributed by atoms with Crippen LogP contribution in [0.2, 0.25) is 0 Å². The van der Waals surface area contributed by atoms with Crippen molar-refractivity contribution in [3.63, 3.8) is 0 Å². The largest absolute Gasteiger partial charge is 0.302 e. The molecule has 4 rings (SSSR count). The van der Waals surface area contributed by atoms with Crippen LogP contribution in [0.1, 0.15) is 41.0 Å². The Morgan fingerprint density at radius 2 is 1.87 bits per heavy atom. The Hall–Kier alpha value is -2.55. The lowest BCUT2D eigenvalue weighted by molar-refractivity contribution is -0.116. The summed E-state index contributed by atoms with van der Waals surface area (Å²) >= 11 is 1.35. The summed E-state index contributed by atoms with van der Waals surface area (Å²) in [6.45, 7) is 4.61. The van der Waals surface area contributed by atoms with E-state index in [1.807, 2.05) is 44.2 Å². The number of thiazole rings is 1. The van der Waals surface area contributed by atoms with E-state index in [9.17, 15) is 13.2 Å². The van der Waals surface area contributed by atoms with Crippen LogP contribution in [-0.2, 0) is 27.8 Å². The third-order valence-electron chi connectivity index (χ3n) is 5.46. The fourth-order valence-electron chi connectivity index (χ4n) is 3.64. The molecule has 1 atom stereocenters. The predicted octanol–water partition coefficient (Wildman–Crippen LogP) is 4.33. The Labute approximate surface area is 187 Å². The van der Waals surface area contributed by atoms with E-state index in [4.69, 9.17) is 0 Å². The Kier molecular flexibility index (Phi) is 6.22. The van der Waals surface area contributed by atoms with E-state index in [-0.39, 0.29) is 18.4 Å². The van der Waals surface area contributed by atoms with Gasteiger partial charge in [0.25, 0.3) is 0 Å². The molecule has 6 nitrogen and oxygen atoms in total. The maximum absolute atomic E-state index is 13.0. The first-order chi connectivity index (χ1) is 14.8. The first-order valence-electron chi connectivity index (χ1n) is 10.2. The van der Waals surface area contributed by atoms with Gasteiger partial charge in [0.1, 0.15) is 0 Å². The molecule has 1 aliphatic heterocycles. The zero-order chi connectivity index (χ0) is 22.0. The van der Waals surface area contributed by atoms with Crippen LogP contribution < -0.4 is 5.32 Å². The van der Waals surface area contributed by atoms with Crippen molar-refractivity contribution in [1.29, 1.82) is 0 Å². The number of anilines is 1. The van der Waals surface area contributed by atoms with Crippen LogP contribution in [0.5, 0.6) is 0 Å². The average molecular weight is 456 g/mol. The average Bonchev–Trinajstić information content (AvgIpc) is 3.15. The molecule has 8 heteroatoms. The van der Waals surface area contributed by atoms with E-state index in [1.54, 1.807) is 24.3 Å². The van der Waals surface area contributed by atoms with Crippen LogP contribution in [0.15, 0.2) is 59.5 Å². The second kappa shape index (κ2) is 8.90. The number of aromatic nitrogens is 1. The summed E-state index contributed by atoms with van der Waals surface area (Å²) in [5.74, 6) is 0.0116. The Morgan fingerprint density at radius 1 is 1.16 bits per heavy atom. The lowest BCUT2D eigenvalue weighted by Crippen LogP contribution is -2.35. The number of nitrogens with zero attached hydrogens (tertiary/aromatic N) is 2. The number of hydrogen-bond donors (Lipinski definition) is 1. The summed E-state index contributed by atoms with van der Waals surface area (Å²) < 4.78 is 27.5. The Bertz CT molecular complexity index is 1170. The molecule has 31 heavy (non-hydrogen) atoms. The summed E-state index contributed by atoms with van der Waals surface area (Å²) in [5, 5.41) is 3.42. The van der Waals surface area contributed by atoms with Crippen molar-refractivity contribution < 1.29 is 13.2 Å². The summed E-state index contributed by atoms with van der Waals surface area (Å²) in [6, 6.07) is 16.8. The molecule has 0 saturated heterocycles. The topological polar surface area (TPSA) is 79.4 Å². The number of fused-ring (bicyclic) bond motifs is 1. The molecule has 1 aromatic heterocycles. The van der Waals surface area contributed by atoms with E-state index in [0.29, 0.717) is 29.4 Å². The molecule has 0 aliphatic carbocycles. The zero-order valence-electron chi connectivity index (χ0n) is 17.5. The molecule has 0 radical (unpaired) electrons. The fourth-order valence-corrected chi connectivity index (χ4v) is 6.17. The Balaban J connectivity index is 1.42. The second-order valence-corrected chi connectivity index (χ2v) is 10.9. The maximum Gasteiger partial charge on any atom is 0.243 e. The summed E-state index contributed by atoms with van der Waals surface area (Å²) in [7, 11) is -3.56. The minimum Gasteiger partial charge on any atom is -0.302 e.